The summed E-state index contributed by atoms with van der Waals surface area (Å²) in [6, 6.07) is 4.88. The fraction of sp³-hybridized carbons (Fsp3) is 0.385. The summed E-state index contributed by atoms with van der Waals surface area (Å²) in [6.07, 6.45) is -0.766. The first-order valence-corrected chi connectivity index (χ1v) is 6.45. The molecule has 0 aliphatic carbocycles. The van der Waals surface area contributed by atoms with Crippen molar-refractivity contribution >= 4 is 29.2 Å². The lowest BCUT2D eigenvalue weighted by Crippen LogP contribution is -2.49. The summed E-state index contributed by atoms with van der Waals surface area (Å²) < 4.78 is 9.89. The number of hydrogen-bond acceptors (Lipinski definition) is 5. The van der Waals surface area contributed by atoms with Gasteiger partial charge in [-0.3, -0.25) is 4.79 Å². The van der Waals surface area contributed by atoms with Crippen LogP contribution in [-0.4, -0.2) is 49.7 Å². The lowest BCUT2D eigenvalue weighted by atomic mass is 10.1. The average Bonchev–Trinajstić information content (AvgIpc) is 2.48. The van der Waals surface area contributed by atoms with E-state index in [0.717, 1.165) is 0 Å². The number of anilines is 1. The molecule has 0 radical (unpaired) electrons. The van der Waals surface area contributed by atoms with E-state index in [2.05, 4.69) is 4.74 Å². The Hall–Kier alpha value is -1.79. The Morgan fingerprint density at radius 3 is 2.95 bits per heavy atom. The fourth-order valence-corrected chi connectivity index (χ4v) is 2.20. The fourth-order valence-electron chi connectivity index (χ4n) is 1.99. The van der Waals surface area contributed by atoms with E-state index in [9.17, 15) is 9.59 Å². The molecule has 108 valence electrons. The summed E-state index contributed by atoms with van der Waals surface area (Å²) in [7, 11) is 1.28. The summed E-state index contributed by atoms with van der Waals surface area (Å²) in [6.45, 7) is 0.791. The number of ether oxygens (including phenoxy) is 2. The standard InChI is InChI=1S/C13H15ClN2O4/c1-19-13(18)10-7-16(5-6-20-10)12(17)8-3-2-4-9(15)11(8)14/h2-4,10H,5-7,15H2,1H3. The molecule has 1 atom stereocenters. The third-order valence-electron chi connectivity index (χ3n) is 3.08. The highest BCUT2D eigenvalue weighted by Crippen LogP contribution is 2.25. The number of halogens is 1. The van der Waals surface area contributed by atoms with E-state index in [0.29, 0.717) is 17.8 Å². The Morgan fingerprint density at radius 2 is 2.25 bits per heavy atom. The minimum absolute atomic E-state index is 0.136. The molecule has 0 saturated carbocycles. The van der Waals surface area contributed by atoms with Crippen LogP contribution in [0.15, 0.2) is 18.2 Å². The maximum atomic E-state index is 12.4. The minimum atomic E-state index is -0.766. The predicted molar refractivity (Wildman–Crippen MR) is 73.5 cm³/mol. The van der Waals surface area contributed by atoms with Crippen LogP contribution in [0, 0.1) is 0 Å². The summed E-state index contributed by atoms with van der Waals surface area (Å²) >= 11 is 6.04. The first-order chi connectivity index (χ1) is 9.54. The van der Waals surface area contributed by atoms with Crippen LogP contribution in [0.25, 0.3) is 0 Å². The number of esters is 1. The number of hydrogen-bond donors (Lipinski definition) is 1. The second-order valence-corrected chi connectivity index (χ2v) is 4.72. The number of rotatable bonds is 2. The highest BCUT2D eigenvalue weighted by atomic mass is 35.5. The molecule has 1 saturated heterocycles. The molecule has 1 aromatic carbocycles. The van der Waals surface area contributed by atoms with Crippen LogP contribution in [0.1, 0.15) is 10.4 Å². The van der Waals surface area contributed by atoms with E-state index in [4.69, 9.17) is 22.1 Å². The van der Waals surface area contributed by atoms with Crippen molar-refractivity contribution in [1.29, 1.82) is 0 Å². The van der Waals surface area contributed by atoms with E-state index < -0.39 is 12.1 Å². The van der Waals surface area contributed by atoms with Crippen LogP contribution in [0.3, 0.4) is 0 Å². The first kappa shape index (κ1) is 14.6. The highest BCUT2D eigenvalue weighted by molar-refractivity contribution is 6.36. The van der Waals surface area contributed by atoms with Gasteiger partial charge in [0.1, 0.15) is 0 Å². The maximum absolute atomic E-state index is 12.4. The number of carbonyl (C=O) groups is 2. The molecule has 2 N–H and O–H groups in total. The zero-order chi connectivity index (χ0) is 14.7. The summed E-state index contributed by atoms with van der Waals surface area (Å²) in [5.74, 6) is -0.777. The molecule has 7 heteroatoms. The normalized spacial score (nSPS) is 18.7. The molecule has 1 aliphatic rings. The van der Waals surface area contributed by atoms with Gasteiger partial charge in [0.2, 0.25) is 0 Å². The Bertz CT molecular complexity index is 535. The lowest BCUT2D eigenvalue weighted by molar-refractivity contribution is -0.158. The number of morpholine rings is 1. The van der Waals surface area contributed by atoms with Gasteiger partial charge in [0, 0.05) is 6.54 Å². The molecule has 1 aromatic rings. The van der Waals surface area contributed by atoms with Crippen molar-refractivity contribution in [3.05, 3.63) is 28.8 Å². The van der Waals surface area contributed by atoms with Crippen LogP contribution < -0.4 is 5.73 Å². The first-order valence-electron chi connectivity index (χ1n) is 6.07. The van der Waals surface area contributed by atoms with E-state index in [-0.39, 0.29) is 24.1 Å². The number of methoxy groups -OCH3 is 1. The Balaban J connectivity index is 2.16. The number of carbonyl (C=O) groups excluding carboxylic acids is 2. The Morgan fingerprint density at radius 1 is 1.50 bits per heavy atom. The van der Waals surface area contributed by atoms with Crippen molar-refractivity contribution in [1.82, 2.24) is 4.90 Å². The third kappa shape index (κ3) is 2.86. The maximum Gasteiger partial charge on any atom is 0.336 e. The lowest BCUT2D eigenvalue weighted by Gasteiger charge is -2.31. The van der Waals surface area contributed by atoms with Crippen molar-refractivity contribution in [3.63, 3.8) is 0 Å². The van der Waals surface area contributed by atoms with E-state index >= 15 is 0 Å². The van der Waals surface area contributed by atoms with Gasteiger partial charge in [-0.2, -0.15) is 0 Å². The van der Waals surface area contributed by atoms with Crippen molar-refractivity contribution in [2.75, 3.05) is 32.5 Å². The number of nitrogens with zero attached hydrogens (tertiary/aromatic N) is 1. The smallest absolute Gasteiger partial charge is 0.336 e. The Labute approximate surface area is 121 Å². The van der Waals surface area contributed by atoms with Crippen molar-refractivity contribution in [2.45, 2.75) is 6.10 Å². The van der Waals surface area contributed by atoms with Crippen LogP contribution in [0.4, 0.5) is 5.69 Å². The van der Waals surface area contributed by atoms with Crippen LogP contribution in [0.2, 0.25) is 5.02 Å². The van der Waals surface area contributed by atoms with Gasteiger partial charge in [0.25, 0.3) is 5.91 Å². The van der Waals surface area contributed by atoms with Gasteiger partial charge in [0.15, 0.2) is 6.10 Å². The molecule has 1 fully saturated rings. The largest absolute Gasteiger partial charge is 0.467 e. The minimum Gasteiger partial charge on any atom is -0.467 e. The van der Waals surface area contributed by atoms with E-state index in [1.165, 1.54) is 12.0 Å². The molecule has 6 nitrogen and oxygen atoms in total. The molecule has 1 unspecified atom stereocenters. The SMILES string of the molecule is COC(=O)C1CN(C(=O)c2cccc(N)c2Cl)CCO1. The highest BCUT2D eigenvalue weighted by Gasteiger charge is 2.31. The monoisotopic (exact) mass is 298 g/mol. The molecule has 0 bridgehead atoms. The second-order valence-electron chi connectivity index (χ2n) is 4.34. The van der Waals surface area contributed by atoms with Crippen molar-refractivity contribution in [2.24, 2.45) is 0 Å². The second kappa shape index (κ2) is 6.11. The van der Waals surface area contributed by atoms with Gasteiger partial charge in [0.05, 0.1) is 36.5 Å². The summed E-state index contributed by atoms with van der Waals surface area (Å²) in [4.78, 5) is 25.4. The van der Waals surface area contributed by atoms with E-state index in [1.54, 1.807) is 18.2 Å². The number of nitrogens with two attached hydrogens (primary N) is 1. The third-order valence-corrected chi connectivity index (χ3v) is 3.50. The molecule has 0 aromatic heterocycles. The van der Waals surface area contributed by atoms with Gasteiger partial charge >= 0.3 is 5.97 Å². The zero-order valence-electron chi connectivity index (χ0n) is 11.0. The Kier molecular flexibility index (Phi) is 4.46. The molecular weight excluding hydrogens is 284 g/mol. The number of amides is 1. The average molecular weight is 299 g/mol. The van der Waals surface area contributed by atoms with Gasteiger partial charge in [-0.05, 0) is 12.1 Å². The number of benzene rings is 1. The molecule has 1 amide bonds. The van der Waals surface area contributed by atoms with Crippen molar-refractivity contribution in [3.8, 4) is 0 Å². The van der Waals surface area contributed by atoms with Gasteiger partial charge in [-0.1, -0.05) is 17.7 Å². The topological polar surface area (TPSA) is 81.9 Å². The van der Waals surface area contributed by atoms with E-state index in [1.807, 2.05) is 0 Å². The molecule has 20 heavy (non-hydrogen) atoms. The molecule has 0 spiro atoms. The summed E-state index contributed by atoms with van der Waals surface area (Å²) in [5, 5.41) is 0.221. The van der Waals surface area contributed by atoms with Gasteiger partial charge < -0.3 is 20.1 Å². The quantitative estimate of drug-likeness (QED) is 0.649. The predicted octanol–water partition coefficient (Wildman–Crippen LogP) is 0.936. The summed E-state index contributed by atoms with van der Waals surface area (Å²) in [5.41, 5.74) is 6.34. The van der Waals surface area contributed by atoms with Crippen molar-refractivity contribution < 1.29 is 19.1 Å². The molecular formula is C13H15ClN2O4. The molecule has 2 rings (SSSR count). The zero-order valence-corrected chi connectivity index (χ0v) is 11.7. The number of nitrogen functional groups attached to an aromatic ring is 1. The van der Waals surface area contributed by atoms with Crippen LogP contribution >= 0.6 is 11.6 Å². The molecule has 1 heterocycles. The van der Waals surface area contributed by atoms with Crippen LogP contribution in [-0.2, 0) is 14.3 Å². The molecule has 1 aliphatic heterocycles. The van der Waals surface area contributed by atoms with Gasteiger partial charge in [-0.25, -0.2) is 4.79 Å². The van der Waals surface area contributed by atoms with Crippen LogP contribution in [0.5, 0.6) is 0 Å². The van der Waals surface area contributed by atoms with Gasteiger partial charge in [-0.15, -0.1) is 0 Å².